The number of benzene rings is 2. The van der Waals surface area contributed by atoms with Crippen molar-refractivity contribution in [1.82, 2.24) is 0 Å². The Kier molecular flexibility index (Phi) is 3.55. The molecule has 2 N–H and O–H groups in total. The van der Waals surface area contributed by atoms with Crippen LogP contribution in [0.5, 0.6) is 0 Å². The predicted octanol–water partition coefficient (Wildman–Crippen LogP) is 3.96. The van der Waals surface area contributed by atoms with Gasteiger partial charge in [0.2, 0.25) is 0 Å². The van der Waals surface area contributed by atoms with Crippen molar-refractivity contribution in [2.24, 2.45) is 0 Å². The number of aryl methyl sites for hydroxylation is 1. The predicted molar refractivity (Wildman–Crippen MR) is 81.9 cm³/mol. The molecule has 20 heavy (non-hydrogen) atoms. The Labute approximate surface area is 119 Å². The number of ketones is 1. The molecule has 0 aliphatic heterocycles. The minimum atomic E-state index is 0.215. The highest BCUT2D eigenvalue weighted by molar-refractivity contribution is 5.96. The molecule has 1 unspecified atom stereocenters. The molecule has 0 heterocycles. The van der Waals surface area contributed by atoms with Gasteiger partial charge in [-0.25, -0.2) is 0 Å². The van der Waals surface area contributed by atoms with E-state index in [4.69, 9.17) is 5.73 Å². The van der Waals surface area contributed by atoms with Gasteiger partial charge in [-0.15, -0.1) is 0 Å². The van der Waals surface area contributed by atoms with E-state index in [-0.39, 0.29) is 5.78 Å². The number of carbonyl (C=O) groups is 1. The first-order chi connectivity index (χ1) is 9.74. The van der Waals surface area contributed by atoms with Crippen LogP contribution in [0, 0.1) is 0 Å². The van der Waals surface area contributed by atoms with Gasteiger partial charge in [0, 0.05) is 17.7 Å². The smallest absolute Gasteiger partial charge is 0.163 e. The average molecular weight is 265 g/mol. The zero-order valence-corrected chi connectivity index (χ0v) is 11.5. The van der Waals surface area contributed by atoms with E-state index in [1.807, 2.05) is 12.1 Å². The Hall–Kier alpha value is -2.09. The molecule has 0 saturated heterocycles. The van der Waals surface area contributed by atoms with Crippen LogP contribution in [-0.2, 0) is 6.42 Å². The van der Waals surface area contributed by atoms with Gasteiger partial charge in [-0.3, -0.25) is 4.79 Å². The third-order valence-corrected chi connectivity index (χ3v) is 4.16. The van der Waals surface area contributed by atoms with Gasteiger partial charge < -0.3 is 5.73 Å². The summed E-state index contributed by atoms with van der Waals surface area (Å²) >= 11 is 0. The van der Waals surface area contributed by atoms with E-state index in [9.17, 15) is 4.79 Å². The summed E-state index contributed by atoms with van der Waals surface area (Å²) in [5.41, 5.74) is 9.90. The lowest BCUT2D eigenvalue weighted by atomic mass is 9.79. The van der Waals surface area contributed by atoms with Crippen LogP contribution in [0.1, 0.15) is 46.7 Å². The maximum Gasteiger partial charge on any atom is 0.163 e. The topological polar surface area (TPSA) is 43.1 Å². The molecule has 0 radical (unpaired) electrons. The Balaban J connectivity index is 1.79. The molecule has 1 aliphatic rings. The van der Waals surface area contributed by atoms with Crippen molar-refractivity contribution in [3.63, 3.8) is 0 Å². The second-order valence-corrected chi connectivity index (χ2v) is 5.54. The summed E-state index contributed by atoms with van der Waals surface area (Å²) in [4.78, 5) is 12.4. The van der Waals surface area contributed by atoms with Crippen molar-refractivity contribution in [2.45, 2.75) is 31.6 Å². The van der Waals surface area contributed by atoms with Gasteiger partial charge in [0.25, 0.3) is 0 Å². The first-order valence-electron chi connectivity index (χ1n) is 7.20. The lowest BCUT2D eigenvalue weighted by Crippen LogP contribution is -2.14. The molecule has 1 aliphatic carbocycles. The summed E-state index contributed by atoms with van der Waals surface area (Å²) in [6, 6.07) is 15.8. The van der Waals surface area contributed by atoms with Crippen molar-refractivity contribution in [3.05, 3.63) is 65.2 Å². The zero-order valence-electron chi connectivity index (χ0n) is 11.5. The van der Waals surface area contributed by atoms with Gasteiger partial charge in [-0.1, -0.05) is 24.3 Å². The van der Waals surface area contributed by atoms with E-state index in [0.717, 1.165) is 18.4 Å². The van der Waals surface area contributed by atoms with Gasteiger partial charge in [-0.05, 0) is 60.6 Å². The number of nitrogen functional groups attached to an aromatic ring is 1. The average Bonchev–Trinajstić information content (AvgIpc) is 2.48. The van der Waals surface area contributed by atoms with Crippen LogP contribution in [0.4, 0.5) is 5.69 Å². The molecule has 0 spiro atoms. The summed E-state index contributed by atoms with van der Waals surface area (Å²) in [6.07, 6.45) is 4.03. The third kappa shape index (κ3) is 2.60. The van der Waals surface area contributed by atoms with Gasteiger partial charge in [-0.2, -0.15) is 0 Å². The fourth-order valence-electron chi connectivity index (χ4n) is 3.08. The number of Topliss-reactive ketones (excluding diaryl/α,β-unsaturated/α-hetero) is 1. The normalized spacial score (nSPS) is 17.5. The number of rotatable bonds is 3. The van der Waals surface area contributed by atoms with Gasteiger partial charge in [0.05, 0.1) is 0 Å². The Bertz CT molecular complexity index is 616. The van der Waals surface area contributed by atoms with E-state index in [1.165, 1.54) is 17.5 Å². The lowest BCUT2D eigenvalue weighted by molar-refractivity contribution is 0.0971. The minimum absolute atomic E-state index is 0.215. The van der Waals surface area contributed by atoms with Crippen LogP contribution in [0.15, 0.2) is 48.5 Å². The van der Waals surface area contributed by atoms with Crippen molar-refractivity contribution in [3.8, 4) is 0 Å². The van der Waals surface area contributed by atoms with Crippen LogP contribution in [0.25, 0.3) is 0 Å². The van der Waals surface area contributed by atoms with Gasteiger partial charge in [0.15, 0.2) is 5.78 Å². The monoisotopic (exact) mass is 265 g/mol. The van der Waals surface area contributed by atoms with Crippen LogP contribution in [-0.4, -0.2) is 5.78 Å². The minimum Gasteiger partial charge on any atom is -0.399 e. The third-order valence-electron chi connectivity index (χ3n) is 4.16. The first kappa shape index (κ1) is 12.9. The maximum atomic E-state index is 12.4. The molecule has 102 valence electrons. The van der Waals surface area contributed by atoms with Crippen LogP contribution >= 0.6 is 0 Å². The summed E-state index contributed by atoms with van der Waals surface area (Å²) in [5.74, 6) is 0.580. The molecule has 3 rings (SSSR count). The molecule has 0 saturated carbocycles. The zero-order chi connectivity index (χ0) is 13.9. The van der Waals surface area contributed by atoms with Crippen LogP contribution < -0.4 is 5.73 Å². The van der Waals surface area contributed by atoms with E-state index in [0.29, 0.717) is 18.0 Å². The van der Waals surface area contributed by atoms with E-state index >= 15 is 0 Å². The Morgan fingerprint density at radius 3 is 2.65 bits per heavy atom. The molecule has 0 aromatic heterocycles. The van der Waals surface area contributed by atoms with Gasteiger partial charge in [0.1, 0.15) is 0 Å². The highest BCUT2D eigenvalue weighted by Gasteiger charge is 2.22. The molecule has 0 amide bonds. The highest BCUT2D eigenvalue weighted by atomic mass is 16.1. The first-order valence-corrected chi connectivity index (χ1v) is 7.20. The lowest BCUT2D eigenvalue weighted by Gasteiger charge is -2.25. The Morgan fingerprint density at radius 1 is 1.10 bits per heavy atom. The van der Waals surface area contributed by atoms with E-state index < -0.39 is 0 Å². The molecule has 2 nitrogen and oxygen atoms in total. The molecule has 2 aromatic rings. The molecular formula is C18H19NO. The standard InChI is InChI=1S/C18H19NO/c19-16-10-8-14(9-11-16)18(20)12-15-6-3-5-13-4-1-2-7-17(13)15/h1-2,4,7-11,15H,3,5-6,12,19H2. The number of fused-ring (bicyclic) bond motifs is 1. The van der Waals surface area contributed by atoms with E-state index in [1.54, 1.807) is 12.1 Å². The Morgan fingerprint density at radius 2 is 1.85 bits per heavy atom. The van der Waals surface area contributed by atoms with Crippen molar-refractivity contribution in [2.75, 3.05) is 5.73 Å². The molecular weight excluding hydrogens is 246 g/mol. The molecule has 2 aromatic carbocycles. The fraction of sp³-hybridized carbons (Fsp3) is 0.278. The van der Waals surface area contributed by atoms with Gasteiger partial charge >= 0.3 is 0 Å². The van der Waals surface area contributed by atoms with Crippen LogP contribution in [0.2, 0.25) is 0 Å². The van der Waals surface area contributed by atoms with Crippen molar-refractivity contribution in [1.29, 1.82) is 0 Å². The second kappa shape index (κ2) is 5.49. The number of anilines is 1. The number of hydrogen-bond donors (Lipinski definition) is 1. The molecule has 1 atom stereocenters. The SMILES string of the molecule is Nc1ccc(C(=O)CC2CCCc3ccccc32)cc1. The quantitative estimate of drug-likeness (QED) is 0.674. The number of nitrogens with two attached hydrogens (primary N) is 1. The molecule has 0 bridgehead atoms. The summed E-state index contributed by atoms with van der Waals surface area (Å²) in [6.45, 7) is 0. The number of hydrogen-bond acceptors (Lipinski definition) is 2. The molecule has 0 fully saturated rings. The second-order valence-electron chi connectivity index (χ2n) is 5.54. The summed E-state index contributed by atoms with van der Waals surface area (Å²) < 4.78 is 0. The molecule has 2 heteroatoms. The highest BCUT2D eigenvalue weighted by Crippen LogP contribution is 2.34. The van der Waals surface area contributed by atoms with Crippen molar-refractivity contribution >= 4 is 11.5 Å². The van der Waals surface area contributed by atoms with Crippen LogP contribution in [0.3, 0.4) is 0 Å². The summed E-state index contributed by atoms with van der Waals surface area (Å²) in [5, 5.41) is 0. The maximum absolute atomic E-state index is 12.4. The van der Waals surface area contributed by atoms with Crippen molar-refractivity contribution < 1.29 is 4.79 Å². The number of carbonyl (C=O) groups excluding carboxylic acids is 1. The largest absolute Gasteiger partial charge is 0.399 e. The fourth-order valence-corrected chi connectivity index (χ4v) is 3.08. The summed E-state index contributed by atoms with van der Waals surface area (Å²) in [7, 11) is 0. The van der Waals surface area contributed by atoms with E-state index in [2.05, 4.69) is 24.3 Å².